The summed E-state index contributed by atoms with van der Waals surface area (Å²) in [7, 11) is 0. The summed E-state index contributed by atoms with van der Waals surface area (Å²) >= 11 is 6.14. The highest BCUT2D eigenvalue weighted by molar-refractivity contribution is 6.20. The van der Waals surface area contributed by atoms with Crippen LogP contribution in [0.1, 0.15) is 30.6 Å². The molecule has 5 nitrogen and oxygen atoms in total. The molecule has 1 amide bonds. The van der Waals surface area contributed by atoms with Gasteiger partial charge < -0.3 is 9.88 Å². The molecule has 0 bridgehead atoms. The topological polar surface area (TPSA) is 70.7 Å². The van der Waals surface area contributed by atoms with Crippen molar-refractivity contribution in [3.05, 3.63) is 29.6 Å². The first-order valence-electron chi connectivity index (χ1n) is 6.38. The molecule has 1 aromatic carbocycles. The fraction of sp³-hybridized carbons (Fsp3) is 0.357. The van der Waals surface area contributed by atoms with Crippen molar-refractivity contribution in [2.75, 3.05) is 6.54 Å². The fourth-order valence-corrected chi connectivity index (χ4v) is 2.29. The van der Waals surface area contributed by atoms with E-state index in [1.807, 2.05) is 13.0 Å². The highest BCUT2D eigenvalue weighted by Gasteiger charge is 2.18. The van der Waals surface area contributed by atoms with Gasteiger partial charge in [-0.15, -0.1) is 11.6 Å². The number of halogens is 1. The number of fused-ring (bicyclic) bond motifs is 1. The van der Waals surface area contributed by atoms with Crippen molar-refractivity contribution >= 4 is 28.5 Å². The van der Waals surface area contributed by atoms with E-state index in [-0.39, 0.29) is 17.8 Å². The lowest BCUT2D eigenvalue weighted by Crippen LogP contribution is -2.27. The Bertz CT molecular complexity index is 684. The number of carbonyl (C=O) groups is 1. The van der Waals surface area contributed by atoms with Crippen LogP contribution in [0.5, 0.6) is 0 Å². The summed E-state index contributed by atoms with van der Waals surface area (Å²) in [4.78, 5) is 16.2. The van der Waals surface area contributed by atoms with Crippen LogP contribution in [-0.2, 0) is 11.3 Å². The van der Waals surface area contributed by atoms with Gasteiger partial charge in [0, 0.05) is 6.54 Å². The number of hydrogen-bond donors (Lipinski definition) is 1. The van der Waals surface area contributed by atoms with Gasteiger partial charge in [0.15, 0.2) is 0 Å². The first kappa shape index (κ1) is 14.4. The number of hydrogen-bond acceptors (Lipinski definition) is 3. The summed E-state index contributed by atoms with van der Waals surface area (Å²) in [5.74, 6) is 0.489. The average Bonchev–Trinajstić information content (AvgIpc) is 2.78. The molecule has 0 saturated heterocycles. The number of para-hydroxylation sites is 1. The van der Waals surface area contributed by atoms with Crippen molar-refractivity contribution in [3.63, 3.8) is 0 Å². The molecule has 1 N–H and O–H groups in total. The number of aromatic nitrogens is 2. The van der Waals surface area contributed by atoms with E-state index in [0.717, 1.165) is 5.52 Å². The first-order chi connectivity index (χ1) is 9.58. The molecule has 104 valence electrons. The molecule has 0 aliphatic heterocycles. The van der Waals surface area contributed by atoms with Crippen molar-refractivity contribution in [1.82, 2.24) is 14.9 Å². The lowest BCUT2D eigenvalue weighted by molar-refractivity contribution is -0.121. The van der Waals surface area contributed by atoms with Crippen LogP contribution in [-0.4, -0.2) is 22.0 Å². The molecular formula is C14H15ClN4O. The van der Waals surface area contributed by atoms with Crippen molar-refractivity contribution in [1.29, 1.82) is 5.26 Å². The Kier molecular flexibility index (Phi) is 4.26. The largest absolute Gasteiger partial charge is 0.355 e. The Hall–Kier alpha value is -2.06. The van der Waals surface area contributed by atoms with Gasteiger partial charge in [-0.1, -0.05) is 6.07 Å². The summed E-state index contributed by atoms with van der Waals surface area (Å²) in [5.41, 5.74) is 1.82. The van der Waals surface area contributed by atoms with Crippen LogP contribution >= 0.6 is 11.6 Å². The van der Waals surface area contributed by atoms with Gasteiger partial charge in [-0.25, -0.2) is 4.98 Å². The number of nitriles is 1. The molecular weight excluding hydrogens is 276 g/mol. The Balaban J connectivity index is 2.58. The van der Waals surface area contributed by atoms with E-state index in [1.54, 1.807) is 23.6 Å². The Morgan fingerprint density at radius 3 is 2.95 bits per heavy atom. The zero-order valence-electron chi connectivity index (χ0n) is 11.4. The smallest absolute Gasteiger partial charge is 0.239 e. The second kappa shape index (κ2) is 5.93. The molecule has 20 heavy (non-hydrogen) atoms. The Labute approximate surface area is 122 Å². The van der Waals surface area contributed by atoms with Gasteiger partial charge in [0.25, 0.3) is 0 Å². The SMILES string of the molecule is CCNC(=O)Cn1c(C(C)Cl)nc2c(C#N)cccc21. The van der Waals surface area contributed by atoms with Gasteiger partial charge in [-0.2, -0.15) is 5.26 Å². The van der Waals surface area contributed by atoms with Gasteiger partial charge in [-0.05, 0) is 26.0 Å². The molecule has 1 unspecified atom stereocenters. The minimum absolute atomic E-state index is 0.104. The van der Waals surface area contributed by atoms with Crippen molar-refractivity contribution in [2.24, 2.45) is 0 Å². The van der Waals surface area contributed by atoms with E-state index < -0.39 is 0 Å². The lowest BCUT2D eigenvalue weighted by Gasteiger charge is -2.10. The molecule has 0 aliphatic rings. The summed E-state index contributed by atoms with van der Waals surface area (Å²) in [6, 6.07) is 7.43. The second-order valence-electron chi connectivity index (χ2n) is 4.41. The highest BCUT2D eigenvalue weighted by Crippen LogP contribution is 2.26. The number of rotatable bonds is 4. The average molecular weight is 291 g/mol. The third kappa shape index (κ3) is 2.61. The Morgan fingerprint density at radius 1 is 1.60 bits per heavy atom. The minimum Gasteiger partial charge on any atom is -0.355 e. The molecule has 0 aliphatic carbocycles. The highest BCUT2D eigenvalue weighted by atomic mass is 35.5. The van der Waals surface area contributed by atoms with Gasteiger partial charge in [0.2, 0.25) is 5.91 Å². The quantitative estimate of drug-likeness (QED) is 0.879. The van der Waals surface area contributed by atoms with Crippen LogP contribution in [0.15, 0.2) is 18.2 Å². The molecule has 2 rings (SSSR count). The number of benzene rings is 1. The van der Waals surface area contributed by atoms with Gasteiger partial charge in [0.1, 0.15) is 24.0 Å². The van der Waals surface area contributed by atoms with Crippen molar-refractivity contribution in [3.8, 4) is 6.07 Å². The predicted molar refractivity (Wildman–Crippen MR) is 77.4 cm³/mol. The second-order valence-corrected chi connectivity index (χ2v) is 5.07. The third-order valence-corrected chi connectivity index (χ3v) is 3.16. The van der Waals surface area contributed by atoms with E-state index in [1.165, 1.54) is 0 Å². The van der Waals surface area contributed by atoms with Crippen LogP contribution in [0, 0.1) is 11.3 Å². The van der Waals surface area contributed by atoms with Crippen LogP contribution in [0.25, 0.3) is 11.0 Å². The maximum Gasteiger partial charge on any atom is 0.239 e. The zero-order valence-corrected chi connectivity index (χ0v) is 12.1. The number of nitrogens with zero attached hydrogens (tertiary/aromatic N) is 3. The standard InChI is InChI=1S/C14H15ClN4O/c1-3-17-12(20)8-19-11-6-4-5-10(7-16)13(11)18-14(19)9(2)15/h4-6,9H,3,8H2,1-2H3,(H,17,20). The summed E-state index contributed by atoms with van der Waals surface area (Å²) in [5, 5.41) is 11.5. The number of carbonyl (C=O) groups excluding carboxylic acids is 1. The molecule has 0 fully saturated rings. The monoisotopic (exact) mass is 290 g/mol. The first-order valence-corrected chi connectivity index (χ1v) is 6.82. The molecule has 6 heteroatoms. The van der Waals surface area contributed by atoms with Gasteiger partial charge in [0.05, 0.1) is 16.5 Å². The maximum absolute atomic E-state index is 11.8. The number of nitrogens with one attached hydrogen (secondary N) is 1. The van der Waals surface area contributed by atoms with Crippen LogP contribution in [0.3, 0.4) is 0 Å². The van der Waals surface area contributed by atoms with E-state index in [4.69, 9.17) is 16.9 Å². The van der Waals surface area contributed by atoms with Crippen molar-refractivity contribution in [2.45, 2.75) is 25.8 Å². The number of likely N-dealkylation sites (N-methyl/N-ethyl adjacent to an activating group) is 1. The molecule has 0 saturated carbocycles. The molecule has 1 aromatic heterocycles. The Morgan fingerprint density at radius 2 is 2.35 bits per heavy atom. The van der Waals surface area contributed by atoms with E-state index in [2.05, 4.69) is 16.4 Å². The minimum atomic E-state index is -0.344. The molecule has 0 radical (unpaired) electrons. The van der Waals surface area contributed by atoms with Crippen molar-refractivity contribution < 1.29 is 4.79 Å². The summed E-state index contributed by atoms with van der Waals surface area (Å²) in [6.45, 7) is 4.37. The third-order valence-electron chi connectivity index (χ3n) is 2.96. The normalized spacial score (nSPS) is 12.1. The van der Waals surface area contributed by atoms with Crippen LogP contribution in [0.4, 0.5) is 0 Å². The zero-order chi connectivity index (χ0) is 14.7. The molecule has 1 heterocycles. The van der Waals surface area contributed by atoms with Gasteiger partial charge in [-0.3, -0.25) is 4.79 Å². The van der Waals surface area contributed by atoms with E-state index in [9.17, 15) is 4.79 Å². The molecule has 2 aromatic rings. The molecule has 1 atom stereocenters. The number of imidazole rings is 1. The number of alkyl halides is 1. The maximum atomic E-state index is 11.8. The van der Waals surface area contributed by atoms with Crippen LogP contribution in [0.2, 0.25) is 0 Å². The van der Waals surface area contributed by atoms with Gasteiger partial charge >= 0.3 is 0 Å². The summed E-state index contributed by atoms with van der Waals surface area (Å²) in [6.07, 6.45) is 0. The summed E-state index contributed by atoms with van der Waals surface area (Å²) < 4.78 is 1.76. The van der Waals surface area contributed by atoms with Crippen LogP contribution < -0.4 is 5.32 Å². The fourth-order valence-electron chi connectivity index (χ4n) is 2.12. The lowest BCUT2D eigenvalue weighted by atomic mass is 10.2. The number of amides is 1. The predicted octanol–water partition coefficient (Wildman–Crippen LogP) is 2.34. The van der Waals surface area contributed by atoms with E-state index in [0.29, 0.717) is 23.4 Å². The van der Waals surface area contributed by atoms with E-state index >= 15 is 0 Å². The molecule has 0 spiro atoms.